The predicted octanol–water partition coefficient (Wildman–Crippen LogP) is 3.29. The zero-order valence-corrected chi connectivity index (χ0v) is 11.2. The maximum atomic E-state index is 12.2. The Kier molecular flexibility index (Phi) is 4.50. The van der Waals surface area contributed by atoms with Crippen LogP contribution in [0.1, 0.15) is 23.7 Å². The molecule has 20 heavy (non-hydrogen) atoms. The Morgan fingerprint density at radius 1 is 0.900 bits per heavy atom. The summed E-state index contributed by atoms with van der Waals surface area (Å²) in [4.78, 5) is 23.7. The minimum absolute atomic E-state index is 0.120. The number of carbonyl (C=O) groups excluding carboxylic acids is 2. The second-order valence-electron chi connectivity index (χ2n) is 4.27. The molecular formula is C16H16N2O2. The summed E-state index contributed by atoms with van der Waals surface area (Å²) in [5, 5.41) is 5.53. The van der Waals surface area contributed by atoms with Gasteiger partial charge in [-0.05, 0) is 24.3 Å². The summed E-state index contributed by atoms with van der Waals surface area (Å²) >= 11 is 0. The number of benzene rings is 2. The molecule has 0 aliphatic carbocycles. The van der Waals surface area contributed by atoms with Crippen LogP contribution >= 0.6 is 0 Å². The van der Waals surface area contributed by atoms with E-state index < -0.39 is 0 Å². The normalized spacial score (nSPS) is 9.85. The van der Waals surface area contributed by atoms with Gasteiger partial charge in [0.1, 0.15) is 0 Å². The van der Waals surface area contributed by atoms with E-state index in [1.807, 2.05) is 30.3 Å². The highest BCUT2D eigenvalue weighted by Crippen LogP contribution is 2.17. The Bertz CT molecular complexity index is 609. The number of carbonyl (C=O) groups is 2. The quantitative estimate of drug-likeness (QED) is 0.894. The summed E-state index contributed by atoms with van der Waals surface area (Å²) in [5.41, 5.74) is 1.68. The van der Waals surface area contributed by atoms with Crippen molar-refractivity contribution in [3.8, 4) is 0 Å². The molecule has 0 aliphatic rings. The maximum Gasteiger partial charge on any atom is 0.257 e. The largest absolute Gasteiger partial charge is 0.325 e. The molecule has 0 bridgehead atoms. The van der Waals surface area contributed by atoms with Gasteiger partial charge in [0, 0.05) is 12.1 Å². The standard InChI is InChI=1S/C16H16N2O2/c1-2-15(19)18-14-11-7-6-10-13(14)16(20)17-12-8-4-3-5-9-12/h3-11H,2H2,1H3,(H,17,20)(H,18,19). The molecule has 0 saturated heterocycles. The highest BCUT2D eigenvalue weighted by Gasteiger charge is 2.12. The average Bonchev–Trinajstić information content (AvgIpc) is 2.48. The topological polar surface area (TPSA) is 58.2 Å². The van der Waals surface area contributed by atoms with Crippen LogP contribution in [-0.2, 0) is 4.79 Å². The second-order valence-corrected chi connectivity index (χ2v) is 4.27. The van der Waals surface area contributed by atoms with Gasteiger partial charge in [-0.1, -0.05) is 37.3 Å². The molecule has 102 valence electrons. The molecule has 0 unspecified atom stereocenters. The summed E-state index contributed by atoms with van der Waals surface area (Å²) in [5.74, 6) is -0.367. The van der Waals surface area contributed by atoms with Crippen molar-refractivity contribution in [2.24, 2.45) is 0 Å². The molecular weight excluding hydrogens is 252 g/mol. The van der Waals surface area contributed by atoms with Crippen molar-refractivity contribution >= 4 is 23.2 Å². The number of hydrogen-bond donors (Lipinski definition) is 2. The molecule has 2 N–H and O–H groups in total. The van der Waals surface area contributed by atoms with Crippen molar-refractivity contribution in [2.75, 3.05) is 10.6 Å². The number of nitrogens with one attached hydrogen (secondary N) is 2. The lowest BCUT2D eigenvalue weighted by Gasteiger charge is -2.10. The number of rotatable bonds is 4. The first-order valence-corrected chi connectivity index (χ1v) is 6.46. The molecule has 0 saturated carbocycles. The van der Waals surface area contributed by atoms with Crippen molar-refractivity contribution in [1.29, 1.82) is 0 Å². The number of amides is 2. The van der Waals surface area contributed by atoms with Gasteiger partial charge in [0.15, 0.2) is 0 Å². The van der Waals surface area contributed by atoms with Gasteiger partial charge in [-0.25, -0.2) is 0 Å². The van der Waals surface area contributed by atoms with Crippen LogP contribution in [0.15, 0.2) is 54.6 Å². The van der Waals surface area contributed by atoms with Crippen LogP contribution < -0.4 is 10.6 Å². The van der Waals surface area contributed by atoms with Crippen molar-refractivity contribution < 1.29 is 9.59 Å². The molecule has 2 aromatic rings. The Labute approximate surface area is 117 Å². The van der Waals surface area contributed by atoms with Crippen molar-refractivity contribution in [3.63, 3.8) is 0 Å². The lowest BCUT2D eigenvalue weighted by atomic mass is 10.1. The van der Waals surface area contributed by atoms with Gasteiger partial charge in [-0.3, -0.25) is 9.59 Å². The molecule has 0 radical (unpaired) electrons. The fraction of sp³-hybridized carbons (Fsp3) is 0.125. The smallest absolute Gasteiger partial charge is 0.257 e. The minimum atomic E-state index is -0.247. The predicted molar refractivity (Wildman–Crippen MR) is 79.8 cm³/mol. The summed E-state index contributed by atoms with van der Waals surface area (Å²) in [7, 11) is 0. The van der Waals surface area contributed by atoms with E-state index >= 15 is 0 Å². The number of anilines is 2. The molecule has 0 aliphatic heterocycles. The fourth-order valence-electron chi connectivity index (χ4n) is 1.75. The number of para-hydroxylation sites is 2. The third-order valence-corrected chi connectivity index (χ3v) is 2.80. The van der Waals surface area contributed by atoms with Crippen LogP contribution in [0.3, 0.4) is 0 Å². The molecule has 4 heteroatoms. The summed E-state index contributed by atoms with van der Waals surface area (Å²) in [6.45, 7) is 1.77. The molecule has 4 nitrogen and oxygen atoms in total. The monoisotopic (exact) mass is 268 g/mol. The maximum absolute atomic E-state index is 12.2. The molecule has 2 amide bonds. The first-order valence-electron chi connectivity index (χ1n) is 6.46. The van der Waals surface area contributed by atoms with Crippen LogP contribution in [0, 0.1) is 0 Å². The van der Waals surface area contributed by atoms with E-state index in [0.717, 1.165) is 0 Å². The molecule has 2 rings (SSSR count). The van der Waals surface area contributed by atoms with Crippen molar-refractivity contribution in [3.05, 3.63) is 60.2 Å². The Balaban J connectivity index is 2.19. The van der Waals surface area contributed by atoms with Crippen LogP contribution in [0.5, 0.6) is 0 Å². The van der Waals surface area contributed by atoms with E-state index in [9.17, 15) is 9.59 Å². The lowest BCUT2D eigenvalue weighted by molar-refractivity contribution is -0.115. The van der Waals surface area contributed by atoms with Crippen LogP contribution in [0.4, 0.5) is 11.4 Å². The first-order chi connectivity index (χ1) is 9.70. The van der Waals surface area contributed by atoms with Gasteiger partial charge in [0.2, 0.25) is 5.91 Å². The molecule has 0 atom stereocenters. The zero-order chi connectivity index (χ0) is 14.4. The summed E-state index contributed by atoms with van der Waals surface area (Å²) in [6.07, 6.45) is 0.370. The molecule has 2 aromatic carbocycles. The zero-order valence-electron chi connectivity index (χ0n) is 11.2. The summed E-state index contributed by atoms with van der Waals surface area (Å²) in [6, 6.07) is 16.1. The van der Waals surface area contributed by atoms with Gasteiger partial charge in [-0.15, -0.1) is 0 Å². The van der Waals surface area contributed by atoms with Crippen molar-refractivity contribution in [2.45, 2.75) is 13.3 Å². The Morgan fingerprint density at radius 3 is 2.25 bits per heavy atom. The molecule has 0 spiro atoms. The Morgan fingerprint density at radius 2 is 1.55 bits per heavy atom. The van der Waals surface area contributed by atoms with Crippen LogP contribution in [0.25, 0.3) is 0 Å². The second kappa shape index (κ2) is 6.52. The van der Waals surface area contributed by atoms with Gasteiger partial charge in [-0.2, -0.15) is 0 Å². The van der Waals surface area contributed by atoms with E-state index in [1.165, 1.54) is 0 Å². The molecule has 0 heterocycles. The van der Waals surface area contributed by atoms with Gasteiger partial charge >= 0.3 is 0 Å². The van der Waals surface area contributed by atoms with Gasteiger partial charge in [0.05, 0.1) is 11.3 Å². The van der Waals surface area contributed by atoms with E-state index in [2.05, 4.69) is 10.6 Å². The van der Waals surface area contributed by atoms with E-state index in [-0.39, 0.29) is 11.8 Å². The van der Waals surface area contributed by atoms with Gasteiger partial charge < -0.3 is 10.6 Å². The van der Waals surface area contributed by atoms with Crippen LogP contribution in [0.2, 0.25) is 0 Å². The van der Waals surface area contributed by atoms with E-state index in [4.69, 9.17) is 0 Å². The lowest BCUT2D eigenvalue weighted by Crippen LogP contribution is -2.17. The van der Waals surface area contributed by atoms with Crippen LogP contribution in [-0.4, -0.2) is 11.8 Å². The highest BCUT2D eigenvalue weighted by molar-refractivity contribution is 6.10. The first kappa shape index (κ1) is 13.8. The van der Waals surface area contributed by atoms with Crippen molar-refractivity contribution in [1.82, 2.24) is 0 Å². The third kappa shape index (κ3) is 3.45. The highest BCUT2D eigenvalue weighted by atomic mass is 16.2. The molecule has 0 aromatic heterocycles. The third-order valence-electron chi connectivity index (χ3n) is 2.80. The summed E-state index contributed by atoms with van der Waals surface area (Å²) < 4.78 is 0. The Hall–Kier alpha value is -2.62. The molecule has 0 fully saturated rings. The van der Waals surface area contributed by atoms with Gasteiger partial charge in [0.25, 0.3) is 5.91 Å². The van der Waals surface area contributed by atoms with E-state index in [1.54, 1.807) is 31.2 Å². The fourth-order valence-corrected chi connectivity index (χ4v) is 1.75. The SMILES string of the molecule is CCC(=O)Nc1ccccc1C(=O)Nc1ccccc1. The average molecular weight is 268 g/mol. The van der Waals surface area contributed by atoms with E-state index in [0.29, 0.717) is 23.4 Å². The number of hydrogen-bond acceptors (Lipinski definition) is 2. The minimum Gasteiger partial charge on any atom is -0.325 e.